The Bertz CT molecular complexity index is 1230. The van der Waals surface area contributed by atoms with E-state index in [2.05, 4.69) is 0 Å². The van der Waals surface area contributed by atoms with Gasteiger partial charge in [0.15, 0.2) is 11.6 Å². The lowest BCUT2D eigenvalue weighted by atomic mass is 9.78. The van der Waals surface area contributed by atoms with Gasteiger partial charge in [0.1, 0.15) is 0 Å². The summed E-state index contributed by atoms with van der Waals surface area (Å²) in [6.07, 6.45) is 8.91. The first-order valence-electron chi connectivity index (χ1n) is 13.2. The molecule has 2 fully saturated rings. The number of hydrogen-bond donors (Lipinski definition) is 2. The zero-order valence-electron chi connectivity index (χ0n) is 20.7. The Morgan fingerprint density at radius 3 is 1.58 bits per heavy atom. The number of carbonyl (C=O) groups is 2. The second-order valence-corrected chi connectivity index (χ2v) is 10.5. The molecule has 0 radical (unpaired) electrons. The molecule has 0 amide bonds. The number of rotatable bonds is 6. The molecule has 0 unspecified atom stereocenters. The molecule has 5 rings (SSSR count). The molecule has 4 heteroatoms. The van der Waals surface area contributed by atoms with Crippen molar-refractivity contribution in [3.63, 3.8) is 0 Å². The van der Waals surface area contributed by atoms with Gasteiger partial charge in [-0.1, -0.05) is 99.2 Å². The first-order valence-corrected chi connectivity index (χ1v) is 13.2. The van der Waals surface area contributed by atoms with Crippen molar-refractivity contribution >= 4 is 11.6 Å². The zero-order chi connectivity index (χ0) is 25.2. The number of hydrogen-bond acceptors (Lipinski definition) is 4. The molecule has 0 saturated heterocycles. The van der Waals surface area contributed by atoms with Crippen LogP contribution in [0.1, 0.15) is 107 Å². The summed E-state index contributed by atoms with van der Waals surface area (Å²) >= 11 is 0. The third-order valence-electron chi connectivity index (χ3n) is 8.13. The van der Waals surface area contributed by atoms with E-state index < -0.39 is 11.2 Å². The third kappa shape index (κ3) is 4.80. The van der Waals surface area contributed by atoms with Crippen LogP contribution in [0.5, 0.6) is 0 Å². The smallest absolute Gasteiger partial charge is 0.193 e. The van der Waals surface area contributed by atoms with E-state index in [4.69, 9.17) is 0 Å². The van der Waals surface area contributed by atoms with Gasteiger partial charge < -0.3 is 10.2 Å². The Kier molecular flexibility index (Phi) is 6.92. The van der Waals surface area contributed by atoms with E-state index in [-0.39, 0.29) is 11.6 Å². The molecule has 0 aliphatic heterocycles. The minimum atomic E-state index is -0.970. The molecule has 186 valence electrons. The Hall–Kier alpha value is -3.08. The Labute approximate surface area is 213 Å². The minimum absolute atomic E-state index is 0.228. The van der Waals surface area contributed by atoms with Gasteiger partial charge in [-0.05, 0) is 48.9 Å². The highest BCUT2D eigenvalue weighted by Crippen LogP contribution is 2.39. The van der Waals surface area contributed by atoms with Gasteiger partial charge >= 0.3 is 0 Å². The highest BCUT2D eigenvalue weighted by atomic mass is 16.3. The standard InChI is InChI=1S/C32H34O4/c33-29(24-12-14-25(15-13-24)31(35)18-6-2-7-19-31)27-17-16-26(32(36)20-8-3-9-21-32)22-28(27)30(34)23-10-4-1-5-11-23/h1,4-5,10-17,22,35-36H,2-3,6-9,18-21H2. The average Bonchev–Trinajstić information content (AvgIpc) is 2.93. The molecule has 0 heterocycles. The van der Waals surface area contributed by atoms with Crippen molar-refractivity contribution in [3.8, 4) is 0 Å². The molecule has 2 N–H and O–H groups in total. The quantitative estimate of drug-likeness (QED) is 0.396. The molecule has 0 atom stereocenters. The van der Waals surface area contributed by atoms with Gasteiger partial charge in [0.2, 0.25) is 0 Å². The topological polar surface area (TPSA) is 74.6 Å². The lowest BCUT2D eigenvalue weighted by Crippen LogP contribution is -2.29. The van der Waals surface area contributed by atoms with E-state index in [1.165, 1.54) is 0 Å². The molecule has 0 spiro atoms. The summed E-state index contributed by atoms with van der Waals surface area (Å²) in [4.78, 5) is 27.2. The van der Waals surface area contributed by atoms with Gasteiger partial charge in [-0.3, -0.25) is 9.59 Å². The Morgan fingerprint density at radius 1 is 0.528 bits per heavy atom. The molecule has 36 heavy (non-hydrogen) atoms. The van der Waals surface area contributed by atoms with Crippen LogP contribution in [0, 0.1) is 0 Å². The lowest BCUT2D eigenvalue weighted by Gasteiger charge is -2.33. The maximum atomic E-state index is 13.7. The summed E-state index contributed by atoms with van der Waals surface area (Å²) in [5.74, 6) is -0.466. The normalized spacial score (nSPS) is 18.9. The summed E-state index contributed by atoms with van der Waals surface area (Å²) in [7, 11) is 0. The second kappa shape index (κ2) is 10.1. The largest absolute Gasteiger partial charge is 0.385 e. The van der Waals surface area contributed by atoms with Crippen LogP contribution in [0.3, 0.4) is 0 Å². The second-order valence-electron chi connectivity index (χ2n) is 10.5. The van der Waals surface area contributed by atoms with Crippen LogP contribution in [0.15, 0.2) is 72.8 Å². The van der Waals surface area contributed by atoms with E-state index in [1.54, 1.807) is 42.5 Å². The van der Waals surface area contributed by atoms with Gasteiger partial charge in [-0.15, -0.1) is 0 Å². The van der Waals surface area contributed by atoms with E-state index in [0.717, 1.165) is 56.9 Å². The van der Waals surface area contributed by atoms with Crippen molar-refractivity contribution in [3.05, 3.63) is 106 Å². The monoisotopic (exact) mass is 482 g/mol. The fourth-order valence-electron chi connectivity index (χ4n) is 5.90. The predicted molar refractivity (Wildman–Crippen MR) is 140 cm³/mol. The molecular formula is C32H34O4. The predicted octanol–water partition coefficient (Wildman–Crippen LogP) is 6.45. The zero-order valence-corrected chi connectivity index (χ0v) is 20.7. The van der Waals surface area contributed by atoms with Crippen LogP contribution in [0.2, 0.25) is 0 Å². The van der Waals surface area contributed by atoms with Crippen molar-refractivity contribution in [2.75, 3.05) is 0 Å². The van der Waals surface area contributed by atoms with E-state index >= 15 is 0 Å². The molecular weight excluding hydrogens is 448 g/mol. The van der Waals surface area contributed by atoms with E-state index in [9.17, 15) is 19.8 Å². The third-order valence-corrected chi connectivity index (χ3v) is 8.13. The van der Waals surface area contributed by atoms with Gasteiger partial charge in [0.25, 0.3) is 0 Å². The first-order chi connectivity index (χ1) is 17.4. The minimum Gasteiger partial charge on any atom is -0.385 e. The molecule has 0 bridgehead atoms. The number of carbonyl (C=O) groups excluding carboxylic acids is 2. The average molecular weight is 483 g/mol. The summed E-state index contributed by atoms with van der Waals surface area (Å²) < 4.78 is 0. The van der Waals surface area contributed by atoms with Crippen molar-refractivity contribution in [2.24, 2.45) is 0 Å². The van der Waals surface area contributed by atoms with Gasteiger partial charge in [-0.25, -0.2) is 0 Å². The highest BCUT2D eigenvalue weighted by molar-refractivity contribution is 6.19. The molecule has 0 aromatic heterocycles. The molecule has 2 saturated carbocycles. The first kappa shape index (κ1) is 24.6. The highest BCUT2D eigenvalue weighted by Gasteiger charge is 2.34. The molecule has 3 aromatic rings. The van der Waals surface area contributed by atoms with E-state index in [0.29, 0.717) is 40.7 Å². The SMILES string of the molecule is O=C(c1ccc(C2(O)CCCCC2)cc1)c1ccc(C2(O)CCCCC2)cc1C(=O)c1ccccc1. The van der Waals surface area contributed by atoms with Crippen LogP contribution in [0.4, 0.5) is 0 Å². The van der Waals surface area contributed by atoms with Crippen molar-refractivity contribution in [2.45, 2.75) is 75.4 Å². The maximum absolute atomic E-state index is 13.7. The fraction of sp³-hybridized carbons (Fsp3) is 0.375. The lowest BCUT2D eigenvalue weighted by molar-refractivity contribution is -0.000982. The summed E-state index contributed by atoms with van der Waals surface area (Å²) in [5.41, 5.74) is 1.38. The maximum Gasteiger partial charge on any atom is 0.193 e. The molecule has 2 aliphatic rings. The summed E-state index contributed by atoms with van der Waals surface area (Å²) in [6.45, 7) is 0. The summed E-state index contributed by atoms with van der Waals surface area (Å²) in [5, 5.41) is 22.4. The van der Waals surface area contributed by atoms with Gasteiger partial charge in [0.05, 0.1) is 11.2 Å². The number of aliphatic hydroxyl groups is 2. The van der Waals surface area contributed by atoms with Crippen LogP contribution in [-0.2, 0) is 11.2 Å². The molecule has 2 aliphatic carbocycles. The number of benzene rings is 3. The Morgan fingerprint density at radius 2 is 1.00 bits per heavy atom. The molecule has 3 aromatic carbocycles. The van der Waals surface area contributed by atoms with Crippen molar-refractivity contribution < 1.29 is 19.8 Å². The number of ketones is 2. The van der Waals surface area contributed by atoms with Gasteiger partial charge in [0, 0.05) is 22.3 Å². The fourth-order valence-corrected chi connectivity index (χ4v) is 5.90. The Balaban J connectivity index is 1.51. The summed E-state index contributed by atoms with van der Waals surface area (Å²) in [6, 6.07) is 21.4. The van der Waals surface area contributed by atoms with Gasteiger partial charge in [-0.2, -0.15) is 0 Å². The van der Waals surface area contributed by atoms with Crippen molar-refractivity contribution in [1.82, 2.24) is 0 Å². The molecule has 4 nitrogen and oxygen atoms in total. The van der Waals surface area contributed by atoms with Crippen LogP contribution >= 0.6 is 0 Å². The van der Waals surface area contributed by atoms with Crippen LogP contribution in [0.25, 0.3) is 0 Å². The van der Waals surface area contributed by atoms with E-state index in [1.807, 2.05) is 30.3 Å². The van der Waals surface area contributed by atoms with Crippen LogP contribution in [-0.4, -0.2) is 21.8 Å². The van der Waals surface area contributed by atoms with Crippen LogP contribution < -0.4 is 0 Å². The van der Waals surface area contributed by atoms with Crippen molar-refractivity contribution in [1.29, 1.82) is 0 Å².